The number of ether oxygens (including phenoxy) is 1. The van der Waals surface area contributed by atoms with Gasteiger partial charge < -0.3 is 10.1 Å². The van der Waals surface area contributed by atoms with Gasteiger partial charge >= 0.3 is 5.97 Å². The minimum atomic E-state index is -1.04. The first-order chi connectivity index (χ1) is 13.8. The van der Waals surface area contributed by atoms with Gasteiger partial charge in [0.1, 0.15) is 0 Å². The molecule has 0 spiro atoms. The Bertz CT molecular complexity index is 1140. The molecule has 148 valence electrons. The first-order valence-electron chi connectivity index (χ1n) is 8.93. The molecule has 1 amide bonds. The minimum absolute atomic E-state index is 0.0754. The third-order valence-corrected chi connectivity index (χ3v) is 4.32. The van der Waals surface area contributed by atoms with Crippen molar-refractivity contribution in [3.63, 3.8) is 0 Å². The van der Waals surface area contributed by atoms with Crippen LogP contribution in [-0.4, -0.2) is 34.0 Å². The molecule has 0 radical (unpaired) electrons. The van der Waals surface area contributed by atoms with Crippen molar-refractivity contribution >= 4 is 34.1 Å². The number of hydrogen-bond acceptors (Lipinski definition) is 6. The number of nitrogens with zero attached hydrogens (tertiary/aromatic N) is 1. The maximum atomic E-state index is 12.3. The number of aromatic amines is 1. The first kappa shape index (κ1) is 19.9. The number of fused-ring (bicyclic) bond motifs is 1. The fourth-order valence-corrected chi connectivity index (χ4v) is 2.77. The summed E-state index contributed by atoms with van der Waals surface area (Å²) in [4.78, 5) is 47.6. The van der Waals surface area contributed by atoms with Crippen LogP contribution in [-0.2, 0) is 20.7 Å². The number of aromatic nitrogens is 2. The number of carbonyl (C=O) groups excluding carboxylic acids is 3. The number of benzene rings is 2. The monoisotopic (exact) mass is 393 g/mol. The number of ketones is 1. The highest BCUT2D eigenvalue weighted by atomic mass is 16.5. The molecule has 0 aliphatic rings. The van der Waals surface area contributed by atoms with Gasteiger partial charge in [-0.3, -0.25) is 19.2 Å². The Morgan fingerprint density at radius 3 is 2.38 bits per heavy atom. The Balaban J connectivity index is 1.63. The van der Waals surface area contributed by atoms with E-state index < -0.39 is 18.0 Å². The summed E-state index contributed by atoms with van der Waals surface area (Å²) in [5.74, 6) is -1.23. The van der Waals surface area contributed by atoms with E-state index in [0.717, 1.165) is 0 Å². The number of carbonyl (C=O) groups is 3. The van der Waals surface area contributed by atoms with Gasteiger partial charge in [0.2, 0.25) is 0 Å². The Labute approximate surface area is 165 Å². The number of rotatable bonds is 6. The molecule has 3 aromatic rings. The number of H-pyrrole nitrogens is 1. The van der Waals surface area contributed by atoms with Crippen molar-refractivity contribution in [3.8, 4) is 0 Å². The molecule has 1 atom stereocenters. The van der Waals surface area contributed by atoms with Gasteiger partial charge in [-0.15, -0.1) is 0 Å². The standard InChI is InChI=1S/C21H19N3O5/c1-12(25)14-7-9-15(10-8-14)22-20(27)13(2)29-19(26)11-18-16-5-3-4-6-17(16)21(28)24-23-18/h3-10,13H,11H2,1-2H3,(H,22,27)(H,24,28). The second kappa shape index (κ2) is 8.47. The van der Waals surface area contributed by atoms with E-state index in [1.807, 2.05) is 0 Å². The topological polar surface area (TPSA) is 118 Å². The summed E-state index contributed by atoms with van der Waals surface area (Å²) < 4.78 is 5.19. The van der Waals surface area contributed by atoms with Gasteiger partial charge in [-0.05, 0) is 44.2 Å². The van der Waals surface area contributed by atoms with E-state index in [2.05, 4.69) is 15.5 Å². The number of amides is 1. The van der Waals surface area contributed by atoms with E-state index in [1.54, 1.807) is 48.5 Å². The highest BCUT2D eigenvalue weighted by Gasteiger charge is 2.20. The molecule has 1 heterocycles. The molecule has 1 unspecified atom stereocenters. The van der Waals surface area contributed by atoms with Crippen LogP contribution in [0.3, 0.4) is 0 Å². The number of nitrogens with one attached hydrogen (secondary N) is 2. The lowest BCUT2D eigenvalue weighted by molar-refractivity contribution is -0.152. The second-order valence-corrected chi connectivity index (χ2v) is 6.48. The average molecular weight is 393 g/mol. The van der Waals surface area contributed by atoms with Crippen LogP contribution in [0.25, 0.3) is 10.8 Å². The predicted octanol–water partition coefficient (Wildman–Crippen LogP) is 2.24. The first-order valence-corrected chi connectivity index (χ1v) is 8.93. The molecule has 1 aromatic heterocycles. The fraction of sp³-hybridized carbons (Fsp3) is 0.190. The molecule has 0 aliphatic heterocycles. The number of anilines is 1. The van der Waals surface area contributed by atoms with Gasteiger partial charge in [-0.1, -0.05) is 18.2 Å². The summed E-state index contributed by atoms with van der Waals surface area (Å²) in [7, 11) is 0. The van der Waals surface area contributed by atoms with Gasteiger partial charge in [-0.25, -0.2) is 5.10 Å². The number of esters is 1. The fourth-order valence-electron chi connectivity index (χ4n) is 2.77. The molecular weight excluding hydrogens is 374 g/mol. The quantitative estimate of drug-likeness (QED) is 0.490. The second-order valence-electron chi connectivity index (χ2n) is 6.48. The molecule has 3 rings (SSSR count). The zero-order valence-electron chi connectivity index (χ0n) is 15.9. The van der Waals surface area contributed by atoms with E-state index in [9.17, 15) is 19.2 Å². The van der Waals surface area contributed by atoms with Gasteiger partial charge in [0.25, 0.3) is 11.5 Å². The minimum Gasteiger partial charge on any atom is -0.452 e. The number of Topliss-reactive ketones (excluding diaryl/α,β-unsaturated/α-hetero) is 1. The van der Waals surface area contributed by atoms with Crippen LogP contribution in [0.2, 0.25) is 0 Å². The Kier molecular flexibility index (Phi) is 5.82. The largest absolute Gasteiger partial charge is 0.452 e. The van der Waals surface area contributed by atoms with Crippen LogP contribution in [0.5, 0.6) is 0 Å². The van der Waals surface area contributed by atoms with Crippen molar-refractivity contribution in [3.05, 3.63) is 70.1 Å². The molecule has 0 saturated carbocycles. The van der Waals surface area contributed by atoms with Crippen molar-refractivity contribution in [1.82, 2.24) is 10.2 Å². The van der Waals surface area contributed by atoms with E-state index in [1.165, 1.54) is 13.8 Å². The summed E-state index contributed by atoms with van der Waals surface area (Å²) >= 11 is 0. The Hall–Kier alpha value is -3.81. The summed E-state index contributed by atoms with van der Waals surface area (Å²) in [5.41, 5.74) is 1.03. The molecule has 8 nitrogen and oxygen atoms in total. The zero-order chi connectivity index (χ0) is 21.0. The predicted molar refractivity (Wildman–Crippen MR) is 107 cm³/mol. The summed E-state index contributed by atoms with van der Waals surface area (Å²) in [6, 6.07) is 13.2. The third-order valence-electron chi connectivity index (χ3n) is 4.32. The van der Waals surface area contributed by atoms with Crippen LogP contribution in [0.15, 0.2) is 53.3 Å². The lowest BCUT2D eigenvalue weighted by atomic mass is 10.1. The lowest BCUT2D eigenvalue weighted by Crippen LogP contribution is -2.30. The Morgan fingerprint density at radius 2 is 1.72 bits per heavy atom. The van der Waals surface area contributed by atoms with E-state index in [4.69, 9.17) is 4.74 Å². The molecule has 0 fully saturated rings. The Morgan fingerprint density at radius 1 is 1.07 bits per heavy atom. The van der Waals surface area contributed by atoms with Crippen molar-refractivity contribution in [1.29, 1.82) is 0 Å². The summed E-state index contributed by atoms with van der Waals surface area (Å²) in [5, 5.41) is 9.87. The molecule has 2 aromatic carbocycles. The molecule has 0 saturated heterocycles. The normalized spacial score (nSPS) is 11.7. The van der Waals surface area contributed by atoms with Crippen LogP contribution in [0, 0.1) is 0 Å². The molecule has 0 bridgehead atoms. The highest BCUT2D eigenvalue weighted by Crippen LogP contribution is 2.14. The van der Waals surface area contributed by atoms with Gasteiger partial charge in [0.15, 0.2) is 11.9 Å². The van der Waals surface area contributed by atoms with Gasteiger partial charge in [0, 0.05) is 16.6 Å². The average Bonchev–Trinajstić information content (AvgIpc) is 2.70. The van der Waals surface area contributed by atoms with Crippen LogP contribution in [0.1, 0.15) is 29.9 Å². The lowest BCUT2D eigenvalue weighted by Gasteiger charge is -2.14. The van der Waals surface area contributed by atoms with Crippen LogP contribution in [0.4, 0.5) is 5.69 Å². The van der Waals surface area contributed by atoms with Gasteiger partial charge in [-0.2, -0.15) is 5.10 Å². The van der Waals surface area contributed by atoms with Crippen LogP contribution >= 0.6 is 0 Å². The maximum Gasteiger partial charge on any atom is 0.312 e. The van der Waals surface area contributed by atoms with E-state index in [-0.39, 0.29) is 17.8 Å². The molecule has 29 heavy (non-hydrogen) atoms. The van der Waals surface area contributed by atoms with E-state index >= 15 is 0 Å². The zero-order valence-corrected chi connectivity index (χ0v) is 15.9. The van der Waals surface area contributed by atoms with Gasteiger partial charge in [0.05, 0.1) is 17.5 Å². The maximum absolute atomic E-state index is 12.3. The molecule has 8 heteroatoms. The van der Waals surface area contributed by atoms with Crippen molar-refractivity contribution in [2.45, 2.75) is 26.4 Å². The molecule has 2 N–H and O–H groups in total. The summed E-state index contributed by atoms with van der Waals surface area (Å²) in [6.07, 6.45) is -1.23. The number of hydrogen-bond donors (Lipinski definition) is 2. The molecule has 0 aliphatic carbocycles. The van der Waals surface area contributed by atoms with Crippen molar-refractivity contribution in [2.24, 2.45) is 0 Å². The SMILES string of the molecule is CC(=O)c1ccc(NC(=O)C(C)OC(=O)Cc2n[nH]c(=O)c3ccccc23)cc1. The van der Waals surface area contributed by atoms with Crippen molar-refractivity contribution in [2.75, 3.05) is 5.32 Å². The summed E-state index contributed by atoms with van der Waals surface area (Å²) in [6.45, 7) is 2.91. The van der Waals surface area contributed by atoms with Crippen molar-refractivity contribution < 1.29 is 19.1 Å². The third kappa shape index (κ3) is 4.73. The highest BCUT2D eigenvalue weighted by molar-refractivity contribution is 5.97. The smallest absolute Gasteiger partial charge is 0.312 e. The van der Waals surface area contributed by atoms with E-state index in [0.29, 0.717) is 27.7 Å². The van der Waals surface area contributed by atoms with Crippen LogP contribution < -0.4 is 10.9 Å². The molecular formula is C21H19N3O5.